The maximum atomic E-state index is 8.44. The van der Waals surface area contributed by atoms with E-state index < -0.39 is 0 Å². The summed E-state index contributed by atoms with van der Waals surface area (Å²) < 4.78 is 15.6. The maximum absolute atomic E-state index is 8.44. The van der Waals surface area contributed by atoms with Crippen molar-refractivity contribution in [3.8, 4) is 17.2 Å². The molecule has 1 rings (SSSR count). The molecule has 0 heterocycles. The fraction of sp³-hybridized carbons (Fsp3) is 0.273. The van der Waals surface area contributed by atoms with E-state index in [9.17, 15) is 0 Å². The molecule has 0 saturated carbocycles. The van der Waals surface area contributed by atoms with Gasteiger partial charge in [-0.3, -0.25) is 5.21 Å². The average Bonchev–Trinajstić information content (AvgIpc) is 2.45. The highest BCUT2D eigenvalue weighted by atomic mass is 16.5. The number of ether oxygens (including phenoxy) is 3. The van der Waals surface area contributed by atoms with Crippen LogP contribution in [0.3, 0.4) is 0 Å². The summed E-state index contributed by atoms with van der Waals surface area (Å²) in [4.78, 5) is 0. The number of hydrogen-bond donors (Lipinski definition) is 3. The van der Waals surface area contributed by atoms with E-state index >= 15 is 0 Å². The molecule has 0 aromatic heterocycles. The van der Waals surface area contributed by atoms with Crippen molar-refractivity contribution in [2.75, 3.05) is 21.3 Å². The van der Waals surface area contributed by atoms with Gasteiger partial charge in [-0.05, 0) is 12.1 Å². The Kier molecular flexibility index (Phi) is 5.42. The van der Waals surface area contributed by atoms with Crippen molar-refractivity contribution < 1.29 is 19.4 Å². The van der Waals surface area contributed by atoms with Crippen LogP contribution >= 0.6 is 0 Å². The zero-order chi connectivity index (χ0) is 14.3. The van der Waals surface area contributed by atoms with Crippen LogP contribution in [0.4, 0.5) is 0 Å². The molecule has 0 fully saturated rings. The minimum absolute atomic E-state index is 0.226. The Bertz CT molecular complexity index is 488. The summed E-state index contributed by atoms with van der Waals surface area (Å²) in [6, 6.07) is 3.43. The molecule has 104 valence electrons. The summed E-state index contributed by atoms with van der Waals surface area (Å²) in [6.07, 6.45) is 1.41. The van der Waals surface area contributed by atoms with Gasteiger partial charge in [0.15, 0.2) is 11.5 Å². The smallest absolute Gasteiger partial charge is 0.237 e. The molecular formula is C11H16N4O4. The number of rotatable bonds is 5. The van der Waals surface area contributed by atoms with Gasteiger partial charge >= 0.3 is 0 Å². The quantitative estimate of drug-likeness (QED) is 0.403. The predicted octanol–water partition coefficient (Wildman–Crippen LogP) is 0.340. The van der Waals surface area contributed by atoms with Gasteiger partial charge in [0.1, 0.15) is 0 Å². The molecule has 0 amide bonds. The zero-order valence-electron chi connectivity index (χ0n) is 10.9. The molecule has 0 atom stereocenters. The van der Waals surface area contributed by atoms with Crippen LogP contribution in [-0.4, -0.2) is 38.7 Å². The second kappa shape index (κ2) is 7.07. The molecule has 0 aliphatic heterocycles. The van der Waals surface area contributed by atoms with Crippen molar-refractivity contribution in [1.29, 1.82) is 0 Å². The Labute approximate surface area is 110 Å². The number of guanidine groups is 1. The van der Waals surface area contributed by atoms with Gasteiger partial charge in [0.25, 0.3) is 0 Å². The fourth-order valence-corrected chi connectivity index (χ4v) is 1.40. The molecule has 0 saturated heterocycles. The van der Waals surface area contributed by atoms with Crippen LogP contribution < -0.4 is 25.4 Å². The van der Waals surface area contributed by atoms with Crippen molar-refractivity contribution in [2.24, 2.45) is 15.9 Å². The van der Waals surface area contributed by atoms with Gasteiger partial charge in [0.05, 0.1) is 27.5 Å². The largest absolute Gasteiger partial charge is 0.493 e. The second-order valence-electron chi connectivity index (χ2n) is 3.27. The van der Waals surface area contributed by atoms with Crippen LogP contribution in [0.5, 0.6) is 17.2 Å². The molecule has 0 spiro atoms. The Morgan fingerprint density at radius 3 is 2.42 bits per heavy atom. The molecule has 8 heteroatoms. The minimum atomic E-state index is -0.226. The first-order valence-electron chi connectivity index (χ1n) is 5.23. The normalized spacial score (nSPS) is 11.5. The monoisotopic (exact) mass is 268 g/mol. The lowest BCUT2D eigenvalue weighted by molar-refractivity contribution is 0.232. The maximum Gasteiger partial charge on any atom is 0.237 e. The molecular weight excluding hydrogens is 252 g/mol. The minimum Gasteiger partial charge on any atom is -0.493 e. The molecule has 4 N–H and O–H groups in total. The number of benzene rings is 1. The van der Waals surface area contributed by atoms with Gasteiger partial charge < -0.3 is 19.9 Å². The topological polar surface area (TPSA) is 111 Å². The first-order chi connectivity index (χ1) is 9.17. The van der Waals surface area contributed by atoms with Crippen LogP contribution in [0.2, 0.25) is 0 Å². The molecule has 0 aliphatic rings. The summed E-state index contributed by atoms with van der Waals surface area (Å²) in [6.45, 7) is 0. The Morgan fingerprint density at radius 1 is 1.21 bits per heavy atom. The summed E-state index contributed by atoms with van der Waals surface area (Å²) in [5, 5.41) is 15.6. The molecule has 0 radical (unpaired) electrons. The van der Waals surface area contributed by atoms with E-state index in [4.69, 9.17) is 25.2 Å². The van der Waals surface area contributed by atoms with Crippen molar-refractivity contribution in [1.82, 2.24) is 5.48 Å². The SMILES string of the molecule is COc1ccc(/C=N/N=C(\N)NO)c(OC)c1OC. The van der Waals surface area contributed by atoms with Crippen molar-refractivity contribution in [3.63, 3.8) is 0 Å². The van der Waals surface area contributed by atoms with Crippen molar-refractivity contribution >= 4 is 12.2 Å². The predicted molar refractivity (Wildman–Crippen MR) is 70.2 cm³/mol. The number of nitrogens with zero attached hydrogens (tertiary/aromatic N) is 2. The number of hydroxylamine groups is 1. The van der Waals surface area contributed by atoms with Crippen LogP contribution in [0.25, 0.3) is 0 Å². The lowest BCUT2D eigenvalue weighted by atomic mass is 10.2. The molecule has 8 nitrogen and oxygen atoms in total. The summed E-state index contributed by atoms with van der Waals surface area (Å²) in [5.74, 6) is 1.22. The Balaban J connectivity index is 3.15. The zero-order valence-corrected chi connectivity index (χ0v) is 10.9. The lowest BCUT2D eigenvalue weighted by Gasteiger charge is -2.13. The molecule has 0 aliphatic carbocycles. The summed E-state index contributed by atoms with van der Waals surface area (Å²) in [5.41, 5.74) is 7.49. The third-order valence-electron chi connectivity index (χ3n) is 2.21. The summed E-state index contributed by atoms with van der Waals surface area (Å²) in [7, 11) is 4.54. The Hall–Kier alpha value is -2.48. The third kappa shape index (κ3) is 3.49. The summed E-state index contributed by atoms with van der Waals surface area (Å²) >= 11 is 0. The standard InChI is InChI=1S/C11H16N4O4/c1-17-8-5-4-7(6-13-14-11(12)15-16)9(18-2)10(8)19-3/h4-6,16H,1-3H3,(H3,12,14,15)/b13-6+. The first-order valence-corrected chi connectivity index (χ1v) is 5.23. The van der Waals surface area contributed by atoms with Crippen LogP contribution in [-0.2, 0) is 0 Å². The van der Waals surface area contributed by atoms with E-state index in [0.29, 0.717) is 22.8 Å². The highest BCUT2D eigenvalue weighted by molar-refractivity contribution is 5.87. The van der Waals surface area contributed by atoms with Gasteiger partial charge in [0, 0.05) is 5.56 Å². The third-order valence-corrected chi connectivity index (χ3v) is 2.21. The Morgan fingerprint density at radius 2 is 1.89 bits per heavy atom. The van der Waals surface area contributed by atoms with Crippen molar-refractivity contribution in [2.45, 2.75) is 0 Å². The number of nitrogens with two attached hydrogens (primary N) is 1. The van der Waals surface area contributed by atoms with E-state index in [1.807, 2.05) is 0 Å². The van der Waals surface area contributed by atoms with Gasteiger partial charge in [-0.1, -0.05) is 0 Å². The van der Waals surface area contributed by atoms with Gasteiger partial charge in [-0.2, -0.15) is 5.10 Å². The van der Waals surface area contributed by atoms with Gasteiger partial charge in [-0.25, -0.2) is 5.48 Å². The van der Waals surface area contributed by atoms with Gasteiger partial charge in [-0.15, -0.1) is 5.10 Å². The number of nitrogens with one attached hydrogen (secondary N) is 1. The van der Waals surface area contributed by atoms with Crippen LogP contribution in [0, 0.1) is 0 Å². The highest BCUT2D eigenvalue weighted by Gasteiger charge is 2.14. The lowest BCUT2D eigenvalue weighted by Crippen LogP contribution is -2.27. The molecule has 19 heavy (non-hydrogen) atoms. The highest BCUT2D eigenvalue weighted by Crippen LogP contribution is 2.38. The number of hydrogen-bond acceptors (Lipinski definition) is 6. The first kappa shape index (κ1) is 14.6. The fourth-order valence-electron chi connectivity index (χ4n) is 1.40. The van der Waals surface area contributed by atoms with Gasteiger partial charge in [0.2, 0.25) is 11.7 Å². The molecule has 0 unspecified atom stereocenters. The molecule has 1 aromatic rings. The number of methoxy groups -OCH3 is 3. The van der Waals surface area contributed by atoms with Crippen molar-refractivity contribution in [3.05, 3.63) is 17.7 Å². The van der Waals surface area contributed by atoms with Crippen LogP contribution in [0.1, 0.15) is 5.56 Å². The van der Waals surface area contributed by atoms with E-state index in [0.717, 1.165) is 0 Å². The van der Waals surface area contributed by atoms with E-state index in [-0.39, 0.29) is 5.96 Å². The average molecular weight is 268 g/mol. The second-order valence-corrected chi connectivity index (χ2v) is 3.27. The van der Waals surface area contributed by atoms with E-state index in [1.54, 1.807) is 17.6 Å². The molecule has 1 aromatic carbocycles. The van der Waals surface area contributed by atoms with E-state index in [2.05, 4.69) is 10.2 Å². The molecule has 0 bridgehead atoms. The van der Waals surface area contributed by atoms with E-state index in [1.165, 1.54) is 27.5 Å². The van der Waals surface area contributed by atoms with Crippen LogP contribution in [0.15, 0.2) is 22.3 Å².